The van der Waals surface area contributed by atoms with Crippen molar-refractivity contribution in [3.8, 4) is 0 Å². The fraction of sp³-hybridized carbons (Fsp3) is 0.500. The molecule has 104 valence electrons. The Balaban J connectivity index is 1.83. The third kappa shape index (κ3) is 1.87. The number of hydrogen-bond acceptors (Lipinski definition) is 3. The predicted molar refractivity (Wildman–Crippen MR) is 82.3 cm³/mol. The number of rotatable bonds is 1. The van der Waals surface area contributed by atoms with Gasteiger partial charge in [-0.2, -0.15) is 0 Å². The fourth-order valence-corrected chi connectivity index (χ4v) is 4.19. The maximum Gasteiger partial charge on any atom is 0.159 e. The van der Waals surface area contributed by atoms with E-state index in [0.717, 1.165) is 29.1 Å². The molecule has 1 saturated carbocycles. The Bertz CT molecular complexity index is 643. The zero-order valence-electron chi connectivity index (χ0n) is 11.4. The Kier molecular flexibility index (Phi) is 3.03. The zero-order valence-corrected chi connectivity index (χ0v) is 12.2. The summed E-state index contributed by atoms with van der Waals surface area (Å²) in [5, 5.41) is 11.3. The summed E-state index contributed by atoms with van der Waals surface area (Å²) in [6.45, 7) is 1.10. The summed E-state index contributed by atoms with van der Waals surface area (Å²) in [4.78, 5) is 2.49. The fourth-order valence-electron chi connectivity index (χ4n) is 3.99. The number of benzene rings is 1. The van der Waals surface area contributed by atoms with Gasteiger partial charge >= 0.3 is 0 Å². The molecule has 0 radical (unpaired) electrons. The maximum absolute atomic E-state index is 6.19. The topological polar surface area (TPSA) is 29.0 Å². The van der Waals surface area contributed by atoms with Crippen LogP contribution in [0.1, 0.15) is 32.1 Å². The minimum atomic E-state index is 0.504. The van der Waals surface area contributed by atoms with Gasteiger partial charge in [-0.1, -0.05) is 42.3 Å². The first-order chi connectivity index (χ1) is 9.84. The third-order valence-electron chi connectivity index (χ3n) is 4.89. The van der Waals surface area contributed by atoms with Crippen molar-refractivity contribution < 1.29 is 0 Å². The van der Waals surface area contributed by atoms with Gasteiger partial charge < -0.3 is 4.90 Å². The molecule has 20 heavy (non-hydrogen) atoms. The van der Waals surface area contributed by atoms with Crippen LogP contribution >= 0.6 is 11.6 Å². The molecule has 2 atom stereocenters. The van der Waals surface area contributed by atoms with Crippen molar-refractivity contribution in [2.24, 2.45) is 5.92 Å². The summed E-state index contributed by atoms with van der Waals surface area (Å²) in [6.07, 6.45) is 6.66. The van der Waals surface area contributed by atoms with E-state index in [0.29, 0.717) is 11.2 Å². The molecule has 2 heterocycles. The molecule has 3 nitrogen and oxygen atoms in total. The highest BCUT2D eigenvalue weighted by atomic mass is 35.5. The Hall–Kier alpha value is -1.35. The molecule has 2 unspecified atom stereocenters. The van der Waals surface area contributed by atoms with E-state index >= 15 is 0 Å². The molecule has 2 fully saturated rings. The smallest absolute Gasteiger partial charge is 0.159 e. The van der Waals surface area contributed by atoms with Crippen LogP contribution in [-0.2, 0) is 0 Å². The van der Waals surface area contributed by atoms with E-state index in [4.69, 9.17) is 11.6 Å². The van der Waals surface area contributed by atoms with Crippen molar-refractivity contribution in [2.75, 3.05) is 11.4 Å². The molecule has 0 spiro atoms. The Morgan fingerprint density at radius 2 is 1.80 bits per heavy atom. The maximum atomic E-state index is 6.19. The number of nitrogens with zero attached hydrogens (tertiary/aromatic N) is 3. The van der Waals surface area contributed by atoms with Crippen LogP contribution in [0.15, 0.2) is 24.3 Å². The highest BCUT2D eigenvalue weighted by molar-refractivity contribution is 6.34. The summed E-state index contributed by atoms with van der Waals surface area (Å²) < 4.78 is 0. The molecule has 1 saturated heterocycles. The van der Waals surface area contributed by atoms with Crippen LogP contribution in [0.3, 0.4) is 0 Å². The molecule has 2 aliphatic rings. The van der Waals surface area contributed by atoms with Gasteiger partial charge in [0.2, 0.25) is 0 Å². The summed E-state index contributed by atoms with van der Waals surface area (Å²) in [5.74, 6) is 1.88. The van der Waals surface area contributed by atoms with E-state index < -0.39 is 0 Å². The number of aromatic nitrogens is 2. The predicted octanol–water partition coefficient (Wildman–Crippen LogP) is 4.05. The average Bonchev–Trinajstić information content (AvgIpc) is 2.97. The normalized spacial score (nSPS) is 25.9. The van der Waals surface area contributed by atoms with Gasteiger partial charge in [-0.25, -0.2) is 0 Å². The lowest BCUT2D eigenvalue weighted by molar-refractivity contribution is 0.360. The molecule has 1 aliphatic heterocycles. The highest BCUT2D eigenvalue weighted by Gasteiger charge is 2.36. The quantitative estimate of drug-likeness (QED) is 0.792. The highest BCUT2D eigenvalue weighted by Crippen LogP contribution is 2.40. The van der Waals surface area contributed by atoms with Crippen LogP contribution in [0, 0.1) is 5.92 Å². The van der Waals surface area contributed by atoms with E-state index in [-0.39, 0.29) is 0 Å². The van der Waals surface area contributed by atoms with Crippen molar-refractivity contribution in [1.82, 2.24) is 10.2 Å². The van der Waals surface area contributed by atoms with Crippen molar-refractivity contribution >= 4 is 28.2 Å². The van der Waals surface area contributed by atoms with Gasteiger partial charge in [0.25, 0.3) is 0 Å². The number of halogens is 1. The van der Waals surface area contributed by atoms with E-state index in [1.54, 1.807) is 0 Å². The molecule has 0 amide bonds. The van der Waals surface area contributed by atoms with Crippen molar-refractivity contribution in [1.29, 1.82) is 0 Å². The van der Waals surface area contributed by atoms with Gasteiger partial charge in [0.1, 0.15) is 0 Å². The number of fused-ring (bicyclic) bond motifs is 2. The van der Waals surface area contributed by atoms with Crippen LogP contribution in [0.25, 0.3) is 10.8 Å². The lowest BCUT2D eigenvalue weighted by Gasteiger charge is -2.38. The second-order valence-electron chi connectivity index (χ2n) is 5.95. The van der Waals surface area contributed by atoms with Crippen molar-refractivity contribution in [3.05, 3.63) is 29.4 Å². The second-order valence-corrected chi connectivity index (χ2v) is 6.31. The lowest BCUT2D eigenvalue weighted by Crippen LogP contribution is -2.43. The molecular weight excluding hydrogens is 270 g/mol. The third-order valence-corrected chi connectivity index (χ3v) is 5.17. The number of hydrogen-bond donors (Lipinski definition) is 0. The summed E-state index contributed by atoms with van der Waals surface area (Å²) in [7, 11) is 0. The second kappa shape index (κ2) is 4.88. The van der Waals surface area contributed by atoms with Gasteiger partial charge in [0.05, 0.1) is 0 Å². The monoisotopic (exact) mass is 287 g/mol. The first-order valence-electron chi connectivity index (χ1n) is 7.52. The van der Waals surface area contributed by atoms with Gasteiger partial charge in [-0.3, -0.25) is 0 Å². The summed E-state index contributed by atoms with van der Waals surface area (Å²) in [6, 6.07) is 8.87. The first kappa shape index (κ1) is 12.4. The molecular formula is C16H18ClN3. The van der Waals surface area contributed by atoms with Crippen LogP contribution in [0.4, 0.5) is 5.82 Å². The number of anilines is 1. The summed E-state index contributed by atoms with van der Waals surface area (Å²) >= 11 is 6.19. The first-order valence-corrected chi connectivity index (χ1v) is 7.90. The molecule has 0 N–H and O–H groups in total. The molecule has 0 bridgehead atoms. The van der Waals surface area contributed by atoms with Crippen molar-refractivity contribution in [2.45, 2.75) is 38.1 Å². The Morgan fingerprint density at radius 1 is 1.00 bits per heavy atom. The standard InChI is InChI=1S/C16H18ClN3/c17-15-12-7-1-2-8-13(12)16(19-18-15)20-10-4-6-11-5-3-9-14(11)20/h1-2,7-8,11,14H,3-6,9-10H2. The van der Waals surface area contributed by atoms with Crippen LogP contribution < -0.4 is 4.90 Å². The Labute approximate surface area is 123 Å². The molecule has 1 aromatic carbocycles. The number of piperidine rings is 1. The van der Waals surface area contributed by atoms with Crippen LogP contribution in [0.5, 0.6) is 0 Å². The molecule has 1 aliphatic carbocycles. The largest absolute Gasteiger partial charge is 0.351 e. The van der Waals surface area contributed by atoms with E-state index in [2.05, 4.69) is 27.2 Å². The minimum Gasteiger partial charge on any atom is -0.351 e. The van der Waals surface area contributed by atoms with Crippen molar-refractivity contribution in [3.63, 3.8) is 0 Å². The minimum absolute atomic E-state index is 0.504. The van der Waals surface area contributed by atoms with E-state index in [1.165, 1.54) is 32.1 Å². The molecule has 1 aromatic heterocycles. The zero-order chi connectivity index (χ0) is 13.5. The summed E-state index contributed by atoms with van der Waals surface area (Å²) in [5.41, 5.74) is 0. The molecule has 4 heteroatoms. The average molecular weight is 288 g/mol. The van der Waals surface area contributed by atoms with Crippen LogP contribution in [0.2, 0.25) is 5.15 Å². The SMILES string of the molecule is Clc1nnc(N2CCCC3CCCC32)c2ccccc12. The van der Waals surface area contributed by atoms with Gasteiger partial charge in [-0.05, 0) is 31.6 Å². The van der Waals surface area contributed by atoms with Gasteiger partial charge in [-0.15, -0.1) is 10.2 Å². The van der Waals surface area contributed by atoms with E-state index in [9.17, 15) is 0 Å². The van der Waals surface area contributed by atoms with Gasteiger partial charge in [0, 0.05) is 23.4 Å². The Morgan fingerprint density at radius 3 is 2.70 bits per heavy atom. The van der Waals surface area contributed by atoms with Crippen LogP contribution in [-0.4, -0.2) is 22.8 Å². The molecule has 4 rings (SSSR count). The van der Waals surface area contributed by atoms with E-state index in [1.807, 2.05) is 12.1 Å². The lowest BCUT2D eigenvalue weighted by atomic mass is 9.91. The van der Waals surface area contributed by atoms with Gasteiger partial charge in [0.15, 0.2) is 11.0 Å². The molecule has 2 aromatic rings.